The maximum absolute atomic E-state index is 12.9. The summed E-state index contributed by atoms with van der Waals surface area (Å²) < 4.78 is 18.2. The lowest BCUT2D eigenvalue weighted by Crippen LogP contribution is -2.17. The first-order valence-electron chi connectivity index (χ1n) is 4.82. The molecule has 2 nitrogen and oxygen atoms in total. The normalized spacial score (nSPS) is 23.7. The first kappa shape index (κ1) is 9.62. The van der Waals surface area contributed by atoms with E-state index in [-0.39, 0.29) is 11.9 Å². The predicted octanol–water partition coefficient (Wildman–Crippen LogP) is 2.04. The van der Waals surface area contributed by atoms with Gasteiger partial charge in [0.05, 0.1) is 6.10 Å². The van der Waals surface area contributed by atoms with Crippen molar-refractivity contribution in [1.82, 2.24) is 0 Å². The Kier molecular flexibility index (Phi) is 2.79. The van der Waals surface area contributed by atoms with Crippen molar-refractivity contribution in [2.24, 2.45) is 0 Å². The van der Waals surface area contributed by atoms with E-state index < -0.39 is 6.10 Å². The molecule has 1 aromatic carbocycles. The Bertz CT molecular complexity index is 308. The summed E-state index contributed by atoms with van der Waals surface area (Å²) in [4.78, 5) is 0. The summed E-state index contributed by atoms with van der Waals surface area (Å²) in [5, 5.41) is 9.85. The van der Waals surface area contributed by atoms with Crippen molar-refractivity contribution in [3.63, 3.8) is 0 Å². The molecule has 1 heterocycles. The Morgan fingerprint density at radius 2 is 2.36 bits per heavy atom. The van der Waals surface area contributed by atoms with Gasteiger partial charge in [0.25, 0.3) is 0 Å². The van der Waals surface area contributed by atoms with Crippen LogP contribution in [0.4, 0.5) is 4.39 Å². The molecule has 1 saturated heterocycles. The van der Waals surface area contributed by atoms with E-state index in [1.165, 1.54) is 12.1 Å². The van der Waals surface area contributed by atoms with E-state index in [0.29, 0.717) is 12.2 Å². The Balaban J connectivity index is 2.13. The fourth-order valence-corrected chi connectivity index (χ4v) is 1.76. The standard InChI is InChI=1S/C11H13FO2/c12-9-4-1-3-8(7-9)11(13)10-5-2-6-14-10/h1,3-4,7,10-11,13H,2,5-6H2. The lowest BCUT2D eigenvalue weighted by atomic mass is 10.0. The second kappa shape index (κ2) is 4.07. The van der Waals surface area contributed by atoms with Crippen LogP contribution >= 0.6 is 0 Å². The Morgan fingerprint density at radius 3 is 3.00 bits per heavy atom. The van der Waals surface area contributed by atoms with Crippen molar-refractivity contribution in [3.05, 3.63) is 35.6 Å². The van der Waals surface area contributed by atoms with Crippen LogP contribution < -0.4 is 0 Å². The molecule has 1 aromatic rings. The highest BCUT2D eigenvalue weighted by Gasteiger charge is 2.25. The van der Waals surface area contributed by atoms with Crippen molar-refractivity contribution >= 4 is 0 Å². The highest BCUT2D eigenvalue weighted by Crippen LogP contribution is 2.26. The van der Waals surface area contributed by atoms with Gasteiger partial charge in [-0.3, -0.25) is 0 Å². The van der Waals surface area contributed by atoms with Gasteiger partial charge in [-0.05, 0) is 30.5 Å². The summed E-state index contributed by atoms with van der Waals surface area (Å²) in [7, 11) is 0. The van der Waals surface area contributed by atoms with Crippen LogP contribution in [-0.4, -0.2) is 17.8 Å². The molecule has 2 atom stereocenters. The monoisotopic (exact) mass is 196 g/mol. The first-order valence-corrected chi connectivity index (χ1v) is 4.82. The van der Waals surface area contributed by atoms with Crippen LogP contribution in [0.25, 0.3) is 0 Å². The molecule has 0 spiro atoms. The van der Waals surface area contributed by atoms with E-state index in [9.17, 15) is 9.50 Å². The van der Waals surface area contributed by atoms with Crippen molar-refractivity contribution in [2.75, 3.05) is 6.61 Å². The van der Waals surface area contributed by atoms with E-state index in [4.69, 9.17) is 4.74 Å². The lowest BCUT2D eigenvalue weighted by molar-refractivity contribution is -0.00271. The summed E-state index contributed by atoms with van der Waals surface area (Å²) in [6, 6.07) is 6.04. The number of hydrogen-bond donors (Lipinski definition) is 1. The second-order valence-corrected chi connectivity index (χ2v) is 3.55. The Morgan fingerprint density at radius 1 is 1.50 bits per heavy atom. The molecule has 0 saturated carbocycles. The van der Waals surface area contributed by atoms with Gasteiger partial charge < -0.3 is 9.84 Å². The Labute approximate surface area is 82.3 Å². The largest absolute Gasteiger partial charge is 0.386 e. The minimum absolute atomic E-state index is 0.170. The number of aliphatic hydroxyl groups is 1. The van der Waals surface area contributed by atoms with Gasteiger partial charge in [0.1, 0.15) is 11.9 Å². The van der Waals surface area contributed by atoms with Crippen LogP contribution in [-0.2, 0) is 4.74 Å². The summed E-state index contributed by atoms with van der Waals surface area (Å²) in [6.45, 7) is 0.692. The van der Waals surface area contributed by atoms with Gasteiger partial charge in [0.2, 0.25) is 0 Å². The summed E-state index contributed by atoms with van der Waals surface area (Å²) in [6.07, 6.45) is 0.944. The molecule has 2 unspecified atom stereocenters. The fraction of sp³-hybridized carbons (Fsp3) is 0.455. The van der Waals surface area contributed by atoms with Gasteiger partial charge in [0, 0.05) is 6.61 Å². The maximum atomic E-state index is 12.9. The molecule has 76 valence electrons. The van der Waals surface area contributed by atoms with Crippen LogP contribution in [0.15, 0.2) is 24.3 Å². The molecule has 0 aliphatic carbocycles. The number of aliphatic hydroxyl groups excluding tert-OH is 1. The second-order valence-electron chi connectivity index (χ2n) is 3.55. The van der Waals surface area contributed by atoms with E-state index >= 15 is 0 Å². The number of halogens is 1. The van der Waals surface area contributed by atoms with Gasteiger partial charge in [-0.25, -0.2) is 4.39 Å². The topological polar surface area (TPSA) is 29.5 Å². The summed E-state index contributed by atoms with van der Waals surface area (Å²) in [5.41, 5.74) is 0.594. The molecule has 0 bridgehead atoms. The van der Waals surface area contributed by atoms with Crippen LogP contribution in [0.1, 0.15) is 24.5 Å². The van der Waals surface area contributed by atoms with Crippen LogP contribution in [0.5, 0.6) is 0 Å². The molecular formula is C11H13FO2. The quantitative estimate of drug-likeness (QED) is 0.784. The van der Waals surface area contributed by atoms with Crippen molar-refractivity contribution < 1.29 is 14.2 Å². The first-order chi connectivity index (χ1) is 6.77. The molecule has 1 aliphatic heterocycles. The van der Waals surface area contributed by atoms with E-state index in [1.807, 2.05) is 0 Å². The molecule has 0 amide bonds. The molecule has 14 heavy (non-hydrogen) atoms. The highest BCUT2D eigenvalue weighted by atomic mass is 19.1. The third kappa shape index (κ3) is 1.94. The average molecular weight is 196 g/mol. The van der Waals surface area contributed by atoms with E-state index in [2.05, 4.69) is 0 Å². The van der Waals surface area contributed by atoms with Crippen LogP contribution in [0.2, 0.25) is 0 Å². The summed E-state index contributed by atoms with van der Waals surface area (Å²) in [5.74, 6) is -0.320. The van der Waals surface area contributed by atoms with Crippen molar-refractivity contribution in [1.29, 1.82) is 0 Å². The average Bonchev–Trinajstić information content (AvgIpc) is 2.69. The van der Waals surface area contributed by atoms with Crippen molar-refractivity contribution in [3.8, 4) is 0 Å². The predicted molar refractivity (Wildman–Crippen MR) is 50.3 cm³/mol. The lowest BCUT2D eigenvalue weighted by Gasteiger charge is -2.17. The number of hydrogen-bond acceptors (Lipinski definition) is 2. The van der Waals surface area contributed by atoms with Gasteiger partial charge in [0.15, 0.2) is 0 Å². The molecule has 2 rings (SSSR count). The highest BCUT2D eigenvalue weighted by molar-refractivity contribution is 5.19. The van der Waals surface area contributed by atoms with E-state index in [0.717, 1.165) is 12.8 Å². The number of ether oxygens (including phenoxy) is 1. The number of benzene rings is 1. The third-order valence-electron chi connectivity index (χ3n) is 2.51. The molecule has 1 N–H and O–H groups in total. The van der Waals surface area contributed by atoms with Crippen LogP contribution in [0, 0.1) is 5.82 Å². The SMILES string of the molecule is OC(c1cccc(F)c1)C1CCCO1. The molecule has 1 fully saturated rings. The fourth-order valence-electron chi connectivity index (χ4n) is 1.76. The zero-order valence-electron chi connectivity index (χ0n) is 7.82. The Hall–Kier alpha value is -0.930. The smallest absolute Gasteiger partial charge is 0.123 e. The molecular weight excluding hydrogens is 183 g/mol. The molecule has 1 aliphatic rings. The van der Waals surface area contributed by atoms with Crippen LogP contribution in [0.3, 0.4) is 0 Å². The van der Waals surface area contributed by atoms with Gasteiger partial charge in [-0.2, -0.15) is 0 Å². The molecule has 0 aromatic heterocycles. The van der Waals surface area contributed by atoms with E-state index in [1.54, 1.807) is 12.1 Å². The third-order valence-corrected chi connectivity index (χ3v) is 2.51. The maximum Gasteiger partial charge on any atom is 0.123 e. The van der Waals surface area contributed by atoms with Gasteiger partial charge in [-0.1, -0.05) is 12.1 Å². The minimum Gasteiger partial charge on any atom is -0.386 e. The molecule has 0 radical (unpaired) electrons. The molecule has 3 heteroatoms. The van der Waals surface area contributed by atoms with Gasteiger partial charge in [-0.15, -0.1) is 0 Å². The number of rotatable bonds is 2. The van der Waals surface area contributed by atoms with Gasteiger partial charge >= 0.3 is 0 Å². The van der Waals surface area contributed by atoms with Crippen molar-refractivity contribution in [2.45, 2.75) is 25.0 Å². The zero-order valence-corrected chi connectivity index (χ0v) is 7.82. The minimum atomic E-state index is -0.701. The summed E-state index contributed by atoms with van der Waals surface area (Å²) >= 11 is 0. The zero-order chi connectivity index (χ0) is 9.97.